The summed E-state index contributed by atoms with van der Waals surface area (Å²) >= 11 is 3.45. The Labute approximate surface area is 246 Å². The zero-order chi connectivity index (χ0) is 28.2. The Morgan fingerprint density at radius 3 is 1.40 bits per heavy atom. The smallest absolute Gasteiger partial charge is 0.139 e. The lowest BCUT2D eigenvalue weighted by atomic mass is 10.1. The minimum Gasteiger partial charge on any atom is -0.206 e. The molecule has 0 aliphatic rings. The van der Waals surface area contributed by atoms with Crippen LogP contribution in [-0.4, -0.2) is 0 Å². The van der Waals surface area contributed by atoms with Crippen molar-refractivity contribution in [3.63, 3.8) is 0 Å². The molecule has 0 unspecified atom stereocenters. The lowest BCUT2D eigenvalue weighted by Crippen LogP contribution is -1.85. The SMILES string of the molecule is CCCCCCc1ccc(-c2ccc(C#CC#Cc3ccc(-c4ccc(CCCCCC)s4)cc3F)c(F)c2)s1. The lowest BCUT2D eigenvalue weighted by molar-refractivity contribution is 0.624. The Morgan fingerprint density at radius 1 is 0.550 bits per heavy atom. The van der Waals surface area contributed by atoms with Gasteiger partial charge in [0.25, 0.3) is 0 Å². The van der Waals surface area contributed by atoms with Crippen LogP contribution in [0.5, 0.6) is 0 Å². The molecular weight excluding hydrogens is 535 g/mol. The summed E-state index contributed by atoms with van der Waals surface area (Å²) in [4.78, 5) is 4.80. The van der Waals surface area contributed by atoms with E-state index in [1.807, 2.05) is 12.1 Å². The highest BCUT2D eigenvalue weighted by Gasteiger charge is 2.08. The standard InChI is InChI=1S/C36H36F2S2/c1-3-5-7-9-15-31-21-23-35(39-31)29-19-17-27(33(37)25-29)13-11-12-14-28-18-20-30(26-34(28)38)36-24-22-32(40-36)16-10-8-6-4-2/h17-26H,3-10,15-16H2,1-2H3. The van der Waals surface area contributed by atoms with Crippen molar-refractivity contribution in [2.45, 2.75) is 78.1 Å². The van der Waals surface area contributed by atoms with Crippen LogP contribution in [-0.2, 0) is 12.8 Å². The van der Waals surface area contributed by atoms with E-state index in [0.29, 0.717) is 0 Å². The summed E-state index contributed by atoms with van der Waals surface area (Å²) in [6, 6.07) is 18.7. The molecule has 2 aromatic carbocycles. The molecule has 0 aliphatic heterocycles. The van der Waals surface area contributed by atoms with Gasteiger partial charge in [0.1, 0.15) is 11.6 Å². The molecule has 0 bridgehead atoms. The van der Waals surface area contributed by atoms with Crippen molar-refractivity contribution >= 4 is 22.7 Å². The molecule has 0 fully saturated rings. The summed E-state index contributed by atoms with van der Waals surface area (Å²) < 4.78 is 29.5. The van der Waals surface area contributed by atoms with Crippen molar-refractivity contribution in [3.8, 4) is 44.6 Å². The van der Waals surface area contributed by atoms with E-state index in [2.05, 4.69) is 61.8 Å². The van der Waals surface area contributed by atoms with Gasteiger partial charge in [0.2, 0.25) is 0 Å². The monoisotopic (exact) mass is 570 g/mol. The zero-order valence-corrected chi connectivity index (χ0v) is 25.0. The molecule has 0 spiro atoms. The van der Waals surface area contributed by atoms with E-state index in [0.717, 1.165) is 33.7 Å². The summed E-state index contributed by atoms with van der Waals surface area (Å²) in [6.07, 6.45) is 12.1. The molecular formula is C36H36F2S2. The maximum atomic E-state index is 14.7. The van der Waals surface area contributed by atoms with Crippen LogP contribution in [0.15, 0.2) is 60.7 Å². The van der Waals surface area contributed by atoms with Crippen molar-refractivity contribution in [1.29, 1.82) is 0 Å². The fourth-order valence-electron chi connectivity index (χ4n) is 4.52. The fourth-order valence-corrected chi connectivity index (χ4v) is 6.62. The summed E-state index contributed by atoms with van der Waals surface area (Å²) in [5, 5.41) is 0. The van der Waals surface area contributed by atoms with Crippen LogP contribution in [0.3, 0.4) is 0 Å². The molecule has 0 saturated heterocycles. The molecule has 0 saturated carbocycles. The van der Waals surface area contributed by atoms with Crippen LogP contribution >= 0.6 is 22.7 Å². The molecule has 40 heavy (non-hydrogen) atoms. The summed E-state index contributed by atoms with van der Waals surface area (Å²) in [6.45, 7) is 4.43. The Balaban J connectivity index is 1.36. The van der Waals surface area contributed by atoms with Crippen molar-refractivity contribution in [2.24, 2.45) is 0 Å². The first-order chi connectivity index (χ1) is 19.6. The van der Waals surface area contributed by atoms with Gasteiger partial charge in [0, 0.05) is 19.5 Å². The predicted octanol–water partition coefficient (Wildman–Crippen LogP) is 11.1. The van der Waals surface area contributed by atoms with Gasteiger partial charge in [-0.05, 0) is 109 Å². The van der Waals surface area contributed by atoms with Crippen LogP contribution in [0.4, 0.5) is 8.78 Å². The van der Waals surface area contributed by atoms with Gasteiger partial charge in [-0.15, -0.1) is 22.7 Å². The van der Waals surface area contributed by atoms with Crippen molar-refractivity contribution in [1.82, 2.24) is 0 Å². The lowest BCUT2D eigenvalue weighted by Gasteiger charge is -2.00. The number of rotatable bonds is 12. The van der Waals surface area contributed by atoms with Crippen molar-refractivity contribution < 1.29 is 8.78 Å². The second-order valence-corrected chi connectivity index (χ2v) is 12.4. The summed E-state index contributed by atoms with van der Waals surface area (Å²) in [7, 11) is 0. The molecule has 0 nitrogen and oxygen atoms in total. The molecule has 0 amide bonds. The molecule has 4 aromatic rings. The average Bonchev–Trinajstić information content (AvgIpc) is 3.63. The number of halogens is 2. The first-order valence-corrected chi connectivity index (χ1v) is 16.0. The number of hydrogen-bond donors (Lipinski definition) is 0. The molecule has 4 rings (SSSR count). The van der Waals surface area contributed by atoms with E-state index in [4.69, 9.17) is 0 Å². The van der Waals surface area contributed by atoms with Gasteiger partial charge < -0.3 is 0 Å². The highest BCUT2D eigenvalue weighted by atomic mass is 32.1. The van der Waals surface area contributed by atoms with Crippen LogP contribution < -0.4 is 0 Å². The number of hydrogen-bond acceptors (Lipinski definition) is 2. The Morgan fingerprint density at radius 2 is 1.00 bits per heavy atom. The average molecular weight is 571 g/mol. The second kappa shape index (κ2) is 15.6. The minimum atomic E-state index is -0.374. The maximum Gasteiger partial charge on any atom is 0.139 e. The van der Waals surface area contributed by atoms with E-state index >= 15 is 0 Å². The third kappa shape index (κ3) is 8.66. The largest absolute Gasteiger partial charge is 0.206 e. The van der Waals surface area contributed by atoms with E-state index in [1.54, 1.807) is 34.8 Å². The normalized spacial score (nSPS) is 10.6. The van der Waals surface area contributed by atoms with Gasteiger partial charge in [-0.1, -0.05) is 64.5 Å². The summed E-state index contributed by atoms with van der Waals surface area (Å²) in [5.41, 5.74) is 2.28. The molecule has 0 atom stereocenters. The fraction of sp³-hybridized carbons (Fsp3) is 0.333. The van der Waals surface area contributed by atoms with Gasteiger partial charge >= 0.3 is 0 Å². The first-order valence-electron chi connectivity index (χ1n) is 14.4. The summed E-state index contributed by atoms with van der Waals surface area (Å²) in [5.74, 6) is 10.2. The van der Waals surface area contributed by atoms with Crippen LogP contribution in [0, 0.1) is 35.3 Å². The molecule has 0 aliphatic carbocycles. The zero-order valence-electron chi connectivity index (χ0n) is 23.4. The van der Waals surface area contributed by atoms with E-state index in [-0.39, 0.29) is 22.8 Å². The van der Waals surface area contributed by atoms with Crippen LogP contribution in [0.25, 0.3) is 20.9 Å². The first kappa shape index (κ1) is 29.8. The van der Waals surface area contributed by atoms with E-state index < -0.39 is 0 Å². The van der Waals surface area contributed by atoms with Gasteiger partial charge in [-0.3, -0.25) is 0 Å². The number of aryl methyl sites for hydroxylation is 2. The second-order valence-electron chi connectivity index (χ2n) is 10.0. The van der Waals surface area contributed by atoms with Gasteiger partial charge in [-0.2, -0.15) is 0 Å². The van der Waals surface area contributed by atoms with E-state index in [1.165, 1.54) is 73.3 Å². The topological polar surface area (TPSA) is 0 Å². The van der Waals surface area contributed by atoms with Gasteiger partial charge in [0.15, 0.2) is 0 Å². The molecule has 206 valence electrons. The third-order valence-corrected chi connectivity index (χ3v) is 9.23. The van der Waals surface area contributed by atoms with Gasteiger partial charge in [0.05, 0.1) is 11.1 Å². The third-order valence-electron chi connectivity index (χ3n) is 6.84. The van der Waals surface area contributed by atoms with Gasteiger partial charge in [-0.25, -0.2) is 8.78 Å². The number of thiophene rings is 2. The Hall–Kier alpha value is -3.18. The molecule has 0 radical (unpaired) electrons. The molecule has 2 aromatic heterocycles. The van der Waals surface area contributed by atoms with E-state index in [9.17, 15) is 8.78 Å². The van der Waals surface area contributed by atoms with Crippen LogP contribution in [0.2, 0.25) is 0 Å². The molecule has 4 heteroatoms. The number of unbranched alkanes of at least 4 members (excludes halogenated alkanes) is 6. The maximum absolute atomic E-state index is 14.7. The highest BCUT2D eigenvalue weighted by molar-refractivity contribution is 7.15. The predicted molar refractivity (Wildman–Crippen MR) is 169 cm³/mol. The Bertz CT molecular complexity index is 1400. The minimum absolute atomic E-state index is 0.286. The molecule has 2 heterocycles. The number of benzene rings is 2. The Kier molecular flexibility index (Phi) is 11.6. The van der Waals surface area contributed by atoms with Crippen molar-refractivity contribution in [2.75, 3.05) is 0 Å². The highest BCUT2D eigenvalue weighted by Crippen LogP contribution is 2.31. The molecule has 0 N–H and O–H groups in total. The van der Waals surface area contributed by atoms with Crippen molar-refractivity contribution in [3.05, 3.63) is 93.2 Å². The van der Waals surface area contributed by atoms with Crippen LogP contribution in [0.1, 0.15) is 86.1 Å². The quantitative estimate of drug-likeness (QED) is 0.117.